The molecule has 0 aromatic rings. The second-order valence-electron chi connectivity index (χ2n) is 3.18. The van der Waals surface area contributed by atoms with Crippen molar-refractivity contribution in [2.75, 3.05) is 13.7 Å². The molecular weight excluding hydrogens is 154 g/mol. The fraction of sp³-hybridized carbons (Fsp3) is 0.889. The van der Waals surface area contributed by atoms with E-state index in [-0.39, 0.29) is 12.1 Å². The number of hydrogen-bond donors (Lipinski definition) is 0. The minimum absolute atomic E-state index is 0.0335. The number of carbonyl (C=O) groups is 1. The number of ether oxygens (including phenoxy) is 1. The Morgan fingerprint density at radius 3 is 2.83 bits per heavy atom. The Morgan fingerprint density at radius 2 is 2.33 bits per heavy atom. The Labute approximate surface area is 73.7 Å². The lowest BCUT2D eigenvalue weighted by molar-refractivity contribution is -0.146. The standard InChI is InChI=1S/C9H17NO2/c1-3-8(11)10(2)9-6-4-5-7-12-9/h9H,3-7H2,1-2H3. The maximum absolute atomic E-state index is 11.3. The molecule has 0 aromatic carbocycles. The van der Waals surface area contributed by atoms with E-state index in [9.17, 15) is 4.79 Å². The van der Waals surface area contributed by atoms with Gasteiger partial charge >= 0.3 is 0 Å². The quantitative estimate of drug-likeness (QED) is 0.628. The normalized spacial score (nSPS) is 23.7. The lowest BCUT2D eigenvalue weighted by atomic mass is 10.1. The molecule has 1 unspecified atom stereocenters. The SMILES string of the molecule is CCC(=O)N(C)C1CCCCO1. The Hall–Kier alpha value is -0.570. The number of rotatable bonds is 2. The molecule has 70 valence electrons. The average molecular weight is 171 g/mol. The van der Waals surface area contributed by atoms with E-state index in [0.29, 0.717) is 6.42 Å². The summed E-state index contributed by atoms with van der Waals surface area (Å²) in [6.07, 6.45) is 3.89. The Balaban J connectivity index is 2.39. The van der Waals surface area contributed by atoms with Crippen molar-refractivity contribution in [2.45, 2.75) is 38.8 Å². The fourth-order valence-corrected chi connectivity index (χ4v) is 1.44. The van der Waals surface area contributed by atoms with E-state index in [1.807, 2.05) is 14.0 Å². The van der Waals surface area contributed by atoms with Gasteiger partial charge in [-0.15, -0.1) is 0 Å². The molecule has 0 N–H and O–H groups in total. The van der Waals surface area contributed by atoms with Crippen LogP contribution in [0, 0.1) is 0 Å². The topological polar surface area (TPSA) is 29.5 Å². The molecule has 1 saturated heterocycles. The van der Waals surface area contributed by atoms with Gasteiger partial charge in [0.05, 0.1) is 0 Å². The molecule has 0 aliphatic carbocycles. The van der Waals surface area contributed by atoms with Crippen LogP contribution in [0.3, 0.4) is 0 Å². The summed E-state index contributed by atoms with van der Waals surface area (Å²) in [5.41, 5.74) is 0. The fourth-order valence-electron chi connectivity index (χ4n) is 1.44. The Morgan fingerprint density at radius 1 is 1.58 bits per heavy atom. The highest BCUT2D eigenvalue weighted by Crippen LogP contribution is 2.15. The molecule has 0 aromatic heterocycles. The molecule has 1 heterocycles. The lowest BCUT2D eigenvalue weighted by Gasteiger charge is -2.30. The van der Waals surface area contributed by atoms with Crippen molar-refractivity contribution < 1.29 is 9.53 Å². The number of nitrogens with zero attached hydrogens (tertiary/aromatic N) is 1. The molecule has 0 spiro atoms. The van der Waals surface area contributed by atoms with Gasteiger partial charge in [0.15, 0.2) is 0 Å². The molecule has 1 fully saturated rings. The molecule has 0 bridgehead atoms. The zero-order valence-corrected chi connectivity index (χ0v) is 7.88. The maximum atomic E-state index is 11.3. The van der Waals surface area contributed by atoms with Crippen LogP contribution in [0.5, 0.6) is 0 Å². The van der Waals surface area contributed by atoms with Gasteiger partial charge in [0.25, 0.3) is 0 Å². The minimum atomic E-state index is 0.0335. The van der Waals surface area contributed by atoms with Crippen LogP contribution in [0.25, 0.3) is 0 Å². The molecule has 1 rings (SSSR count). The molecule has 1 aliphatic rings. The third-order valence-corrected chi connectivity index (χ3v) is 2.28. The van der Waals surface area contributed by atoms with Crippen molar-refractivity contribution in [1.29, 1.82) is 0 Å². The highest BCUT2D eigenvalue weighted by molar-refractivity contribution is 5.75. The van der Waals surface area contributed by atoms with Crippen molar-refractivity contribution in [3.63, 3.8) is 0 Å². The Bertz CT molecular complexity index is 153. The molecule has 12 heavy (non-hydrogen) atoms. The first kappa shape index (κ1) is 9.52. The molecule has 1 amide bonds. The molecule has 1 aliphatic heterocycles. The third-order valence-electron chi connectivity index (χ3n) is 2.28. The van der Waals surface area contributed by atoms with Crippen molar-refractivity contribution in [3.8, 4) is 0 Å². The van der Waals surface area contributed by atoms with E-state index in [4.69, 9.17) is 4.74 Å². The zero-order chi connectivity index (χ0) is 8.97. The predicted molar refractivity (Wildman–Crippen MR) is 46.7 cm³/mol. The van der Waals surface area contributed by atoms with Crippen LogP contribution in [0.15, 0.2) is 0 Å². The summed E-state index contributed by atoms with van der Waals surface area (Å²) in [5, 5.41) is 0. The second-order valence-corrected chi connectivity index (χ2v) is 3.18. The molecule has 3 heteroatoms. The van der Waals surface area contributed by atoms with Crippen LogP contribution >= 0.6 is 0 Å². The van der Waals surface area contributed by atoms with Crippen LogP contribution in [0.4, 0.5) is 0 Å². The first-order valence-corrected chi connectivity index (χ1v) is 4.63. The van der Waals surface area contributed by atoms with Gasteiger partial charge < -0.3 is 9.64 Å². The smallest absolute Gasteiger partial charge is 0.224 e. The third kappa shape index (κ3) is 2.21. The zero-order valence-electron chi connectivity index (χ0n) is 7.88. The summed E-state index contributed by atoms with van der Waals surface area (Å²) < 4.78 is 5.47. The molecular formula is C9H17NO2. The molecule has 1 atom stereocenters. The highest BCUT2D eigenvalue weighted by atomic mass is 16.5. The summed E-state index contributed by atoms with van der Waals surface area (Å²) in [6.45, 7) is 2.67. The average Bonchev–Trinajstić information content (AvgIpc) is 2.17. The predicted octanol–water partition coefficient (Wildman–Crippen LogP) is 1.38. The number of amides is 1. The van der Waals surface area contributed by atoms with E-state index >= 15 is 0 Å². The van der Waals surface area contributed by atoms with Crippen molar-refractivity contribution in [1.82, 2.24) is 4.90 Å². The largest absolute Gasteiger partial charge is 0.358 e. The summed E-state index contributed by atoms with van der Waals surface area (Å²) in [6, 6.07) is 0. The first-order chi connectivity index (χ1) is 5.75. The van der Waals surface area contributed by atoms with E-state index < -0.39 is 0 Å². The molecule has 0 saturated carbocycles. The van der Waals surface area contributed by atoms with E-state index in [1.165, 1.54) is 6.42 Å². The van der Waals surface area contributed by atoms with Crippen molar-refractivity contribution in [3.05, 3.63) is 0 Å². The minimum Gasteiger partial charge on any atom is -0.358 e. The van der Waals surface area contributed by atoms with Crippen molar-refractivity contribution >= 4 is 5.91 Å². The van der Waals surface area contributed by atoms with Gasteiger partial charge in [-0.2, -0.15) is 0 Å². The molecule has 3 nitrogen and oxygen atoms in total. The summed E-state index contributed by atoms with van der Waals surface area (Å²) in [4.78, 5) is 13.0. The van der Waals surface area contributed by atoms with Crippen LogP contribution in [0.2, 0.25) is 0 Å². The summed E-state index contributed by atoms with van der Waals surface area (Å²) in [7, 11) is 1.82. The number of carbonyl (C=O) groups excluding carboxylic acids is 1. The van der Waals surface area contributed by atoms with E-state index in [0.717, 1.165) is 19.4 Å². The van der Waals surface area contributed by atoms with Gasteiger partial charge in [0.1, 0.15) is 6.23 Å². The summed E-state index contributed by atoms with van der Waals surface area (Å²) >= 11 is 0. The van der Waals surface area contributed by atoms with E-state index in [2.05, 4.69) is 0 Å². The van der Waals surface area contributed by atoms with Crippen molar-refractivity contribution in [2.24, 2.45) is 0 Å². The lowest BCUT2D eigenvalue weighted by Crippen LogP contribution is -2.40. The summed E-state index contributed by atoms with van der Waals surface area (Å²) in [5.74, 6) is 0.168. The first-order valence-electron chi connectivity index (χ1n) is 4.63. The van der Waals surface area contributed by atoms with Gasteiger partial charge in [-0.3, -0.25) is 4.79 Å². The van der Waals surface area contributed by atoms with Gasteiger partial charge in [0.2, 0.25) is 5.91 Å². The second kappa shape index (κ2) is 4.45. The van der Waals surface area contributed by atoms with E-state index in [1.54, 1.807) is 4.90 Å². The molecule has 0 radical (unpaired) electrons. The van der Waals surface area contributed by atoms with Gasteiger partial charge in [-0.25, -0.2) is 0 Å². The van der Waals surface area contributed by atoms with Crippen LogP contribution in [0.1, 0.15) is 32.6 Å². The van der Waals surface area contributed by atoms with Crippen LogP contribution < -0.4 is 0 Å². The number of hydrogen-bond acceptors (Lipinski definition) is 2. The van der Waals surface area contributed by atoms with Gasteiger partial charge in [-0.1, -0.05) is 6.92 Å². The van der Waals surface area contributed by atoms with Gasteiger partial charge in [-0.05, 0) is 19.3 Å². The maximum Gasteiger partial charge on any atom is 0.224 e. The van der Waals surface area contributed by atoms with Crippen LogP contribution in [-0.2, 0) is 9.53 Å². The Kier molecular flexibility index (Phi) is 3.53. The highest BCUT2D eigenvalue weighted by Gasteiger charge is 2.21. The monoisotopic (exact) mass is 171 g/mol. The van der Waals surface area contributed by atoms with Gasteiger partial charge in [0, 0.05) is 20.1 Å². The van der Waals surface area contributed by atoms with Crippen LogP contribution in [-0.4, -0.2) is 30.7 Å².